The lowest BCUT2D eigenvalue weighted by molar-refractivity contribution is 0.102. The molecule has 0 aromatic carbocycles. The van der Waals surface area contributed by atoms with Crippen LogP contribution in [0.5, 0.6) is 0 Å². The monoisotopic (exact) mass is 281 g/mol. The molecule has 0 bridgehead atoms. The zero-order chi connectivity index (χ0) is 13.1. The Bertz CT molecular complexity index is 564. The van der Waals surface area contributed by atoms with E-state index in [1.807, 2.05) is 0 Å². The predicted octanol–water partition coefficient (Wildman–Crippen LogP) is 1.84. The molecule has 0 spiro atoms. The number of carbonyl (C=O) groups excluding carboxylic acids is 1. The van der Waals surface area contributed by atoms with Crippen molar-refractivity contribution in [3.8, 4) is 0 Å². The number of nitrogens with zero attached hydrogens (tertiary/aromatic N) is 3. The minimum Gasteiger partial charge on any atom is -0.373 e. The number of nitrogens with one attached hydrogen (secondary N) is 2. The largest absolute Gasteiger partial charge is 0.373 e. The molecular formula is C12H16ClN5O. The quantitative estimate of drug-likeness (QED) is 0.900. The molecule has 0 radical (unpaired) electrons. The van der Waals surface area contributed by atoms with Gasteiger partial charge in [-0.05, 0) is 19.1 Å². The van der Waals surface area contributed by atoms with Gasteiger partial charge in [0.2, 0.25) is 0 Å². The van der Waals surface area contributed by atoms with Crippen molar-refractivity contribution >= 4 is 29.8 Å². The third kappa shape index (κ3) is 3.45. The minimum absolute atomic E-state index is 0. The lowest BCUT2D eigenvalue weighted by atomic mass is 10.2. The zero-order valence-electron chi connectivity index (χ0n) is 11.0. The first-order valence-corrected chi connectivity index (χ1v) is 5.55. The smallest absolute Gasteiger partial charge is 0.259 e. The first-order chi connectivity index (χ1) is 8.60. The van der Waals surface area contributed by atoms with E-state index >= 15 is 0 Å². The second kappa shape index (κ2) is 6.19. The molecule has 2 heterocycles. The molecule has 0 aliphatic carbocycles. The summed E-state index contributed by atoms with van der Waals surface area (Å²) in [6.45, 7) is 1.80. The van der Waals surface area contributed by atoms with Crippen LogP contribution in [0.2, 0.25) is 0 Å². The number of carbonyl (C=O) groups is 1. The third-order valence-electron chi connectivity index (χ3n) is 2.54. The van der Waals surface area contributed by atoms with Gasteiger partial charge in [-0.2, -0.15) is 5.10 Å². The van der Waals surface area contributed by atoms with Crippen molar-refractivity contribution in [3.63, 3.8) is 0 Å². The molecule has 0 saturated carbocycles. The lowest BCUT2D eigenvalue weighted by Crippen LogP contribution is -2.12. The third-order valence-corrected chi connectivity index (χ3v) is 2.54. The Morgan fingerprint density at radius 3 is 2.58 bits per heavy atom. The van der Waals surface area contributed by atoms with E-state index in [9.17, 15) is 4.79 Å². The van der Waals surface area contributed by atoms with Gasteiger partial charge in [0.1, 0.15) is 5.82 Å². The van der Waals surface area contributed by atoms with E-state index < -0.39 is 0 Å². The Labute approximate surface area is 117 Å². The Kier molecular flexibility index (Phi) is 4.88. The van der Waals surface area contributed by atoms with E-state index in [4.69, 9.17) is 0 Å². The summed E-state index contributed by atoms with van der Waals surface area (Å²) in [6.07, 6.45) is 3.30. The predicted molar refractivity (Wildman–Crippen MR) is 76.9 cm³/mol. The summed E-state index contributed by atoms with van der Waals surface area (Å²) in [7, 11) is 3.58. The summed E-state index contributed by atoms with van der Waals surface area (Å²) >= 11 is 0. The second-order valence-corrected chi connectivity index (χ2v) is 3.94. The van der Waals surface area contributed by atoms with Gasteiger partial charge >= 0.3 is 0 Å². The van der Waals surface area contributed by atoms with Crippen molar-refractivity contribution in [1.29, 1.82) is 0 Å². The zero-order valence-corrected chi connectivity index (χ0v) is 11.8. The summed E-state index contributed by atoms with van der Waals surface area (Å²) < 4.78 is 1.62. The molecule has 7 heteroatoms. The van der Waals surface area contributed by atoms with Crippen molar-refractivity contribution in [3.05, 3.63) is 35.8 Å². The molecule has 6 nitrogen and oxygen atoms in total. The normalized spacial score (nSPS) is 9.63. The Morgan fingerprint density at radius 2 is 2.11 bits per heavy atom. The van der Waals surface area contributed by atoms with E-state index in [2.05, 4.69) is 20.7 Å². The number of hydrogen-bond donors (Lipinski definition) is 2. The standard InChI is InChI=1S/C12H15N5O.ClH/c1-8-10(7-17(3)16-8)12(18)15-9-4-5-11(13-2)14-6-9;/h4-7H,1-3H3,(H,13,14)(H,15,18);1H. The van der Waals surface area contributed by atoms with E-state index in [-0.39, 0.29) is 18.3 Å². The molecule has 0 saturated heterocycles. The fraction of sp³-hybridized carbons (Fsp3) is 0.250. The van der Waals surface area contributed by atoms with Crippen LogP contribution in [0.3, 0.4) is 0 Å². The van der Waals surface area contributed by atoms with Crippen LogP contribution in [0.15, 0.2) is 24.5 Å². The van der Waals surface area contributed by atoms with E-state index in [1.165, 1.54) is 0 Å². The molecule has 1 amide bonds. The number of amides is 1. The maximum Gasteiger partial charge on any atom is 0.259 e. The maximum absolute atomic E-state index is 12.0. The van der Waals surface area contributed by atoms with Gasteiger partial charge in [0.05, 0.1) is 23.1 Å². The second-order valence-electron chi connectivity index (χ2n) is 3.94. The van der Waals surface area contributed by atoms with Gasteiger partial charge in [-0.25, -0.2) is 4.98 Å². The average Bonchev–Trinajstić information content (AvgIpc) is 2.69. The van der Waals surface area contributed by atoms with Crippen LogP contribution < -0.4 is 10.6 Å². The van der Waals surface area contributed by atoms with Crippen molar-refractivity contribution in [2.45, 2.75) is 6.92 Å². The summed E-state index contributed by atoms with van der Waals surface area (Å²) in [5.74, 6) is 0.574. The van der Waals surface area contributed by atoms with Gasteiger partial charge in [0.25, 0.3) is 5.91 Å². The molecule has 0 aliphatic heterocycles. The van der Waals surface area contributed by atoms with E-state index in [0.29, 0.717) is 16.9 Å². The average molecular weight is 282 g/mol. The molecule has 0 aliphatic rings. The molecule has 0 unspecified atom stereocenters. The van der Waals surface area contributed by atoms with Crippen molar-refractivity contribution < 1.29 is 4.79 Å². The van der Waals surface area contributed by atoms with Gasteiger partial charge in [-0.15, -0.1) is 12.4 Å². The maximum atomic E-state index is 12.0. The van der Waals surface area contributed by atoms with Crippen molar-refractivity contribution in [2.24, 2.45) is 7.05 Å². The number of rotatable bonds is 3. The Morgan fingerprint density at radius 1 is 1.37 bits per heavy atom. The number of pyridine rings is 1. The number of aromatic nitrogens is 3. The van der Waals surface area contributed by atoms with E-state index in [1.54, 1.807) is 50.2 Å². The Hall–Kier alpha value is -2.08. The van der Waals surface area contributed by atoms with Gasteiger partial charge < -0.3 is 10.6 Å². The van der Waals surface area contributed by atoms with Crippen LogP contribution >= 0.6 is 12.4 Å². The number of aryl methyl sites for hydroxylation is 2. The highest BCUT2D eigenvalue weighted by Crippen LogP contribution is 2.12. The highest BCUT2D eigenvalue weighted by molar-refractivity contribution is 6.04. The number of anilines is 2. The van der Waals surface area contributed by atoms with E-state index in [0.717, 1.165) is 5.82 Å². The SMILES string of the molecule is CNc1ccc(NC(=O)c2cn(C)nc2C)cn1.Cl. The summed E-state index contributed by atoms with van der Waals surface area (Å²) in [5, 5.41) is 9.83. The first kappa shape index (κ1) is 15.0. The summed E-state index contributed by atoms with van der Waals surface area (Å²) in [6, 6.07) is 3.59. The highest BCUT2D eigenvalue weighted by atomic mass is 35.5. The van der Waals surface area contributed by atoms with Crippen LogP contribution in [-0.4, -0.2) is 27.7 Å². The molecule has 0 atom stereocenters. The molecule has 2 N–H and O–H groups in total. The fourth-order valence-corrected chi connectivity index (χ4v) is 1.64. The lowest BCUT2D eigenvalue weighted by Gasteiger charge is -2.04. The molecule has 2 aromatic heterocycles. The van der Waals surface area contributed by atoms with Gasteiger partial charge in [0.15, 0.2) is 0 Å². The molecular weight excluding hydrogens is 266 g/mol. The summed E-state index contributed by atoms with van der Waals surface area (Å²) in [4.78, 5) is 16.1. The van der Waals surface area contributed by atoms with Gasteiger partial charge in [-0.1, -0.05) is 0 Å². The van der Waals surface area contributed by atoms with Crippen LogP contribution in [-0.2, 0) is 7.05 Å². The molecule has 102 valence electrons. The minimum atomic E-state index is -0.181. The van der Waals surface area contributed by atoms with Crippen LogP contribution in [0.25, 0.3) is 0 Å². The van der Waals surface area contributed by atoms with Gasteiger partial charge in [-0.3, -0.25) is 9.48 Å². The first-order valence-electron chi connectivity index (χ1n) is 5.55. The topological polar surface area (TPSA) is 71.8 Å². The molecule has 0 fully saturated rings. The van der Waals surface area contributed by atoms with Crippen LogP contribution in [0, 0.1) is 6.92 Å². The Balaban J connectivity index is 0.00000180. The molecule has 2 rings (SSSR count). The van der Waals surface area contributed by atoms with Gasteiger partial charge in [0, 0.05) is 20.3 Å². The van der Waals surface area contributed by atoms with Crippen LogP contribution in [0.4, 0.5) is 11.5 Å². The highest BCUT2D eigenvalue weighted by Gasteiger charge is 2.12. The molecule has 2 aromatic rings. The molecule has 19 heavy (non-hydrogen) atoms. The van der Waals surface area contributed by atoms with Crippen molar-refractivity contribution in [1.82, 2.24) is 14.8 Å². The fourth-order valence-electron chi connectivity index (χ4n) is 1.64. The van der Waals surface area contributed by atoms with Crippen molar-refractivity contribution in [2.75, 3.05) is 17.7 Å². The number of halogens is 1. The number of hydrogen-bond acceptors (Lipinski definition) is 4. The summed E-state index contributed by atoms with van der Waals surface area (Å²) in [5.41, 5.74) is 1.92. The van der Waals surface area contributed by atoms with Crippen LogP contribution in [0.1, 0.15) is 16.1 Å².